The summed E-state index contributed by atoms with van der Waals surface area (Å²) < 4.78 is 6.01. The molecule has 24 heavy (non-hydrogen) atoms. The maximum Gasteiger partial charge on any atom is 0.190 e. The normalized spacial score (nSPS) is 23.3. The third-order valence-corrected chi connectivity index (χ3v) is 5.05. The van der Waals surface area contributed by atoms with Gasteiger partial charge in [-0.25, -0.2) is 0 Å². The van der Waals surface area contributed by atoms with E-state index >= 15 is 0 Å². The fraction of sp³-hybridized carbons (Fsp3) is 0.286. The number of carbonyl (C=O) groups excluding carboxylic acids is 1. The lowest BCUT2D eigenvalue weighted by atomic mass is 9.92. The minimum absolute atomic E-state index is 0.0857. The lowest BCUT2D eigenvalue weighted by Gasteiger charge is -2.36. The van der Waals surface area contributed by atoms with Crippen molar-refractivity contribution in [1.29, 1.82) is 0 Å². The van der Waals surface area contributed by atoms with Gasteiger partial charge in [-0.2, -0.15) is 0 Å². The Morgan fingerprint density at radius 2 is 1.71 bits per heavy atom. The molecular formula is C21H21NO2. The number of ketones is 1. The number of benzene rings is 2. The van der Waals surface area contributed by atoms with Crippen LogP contribution in [-0.4, -0.2) is 23.5 Å². The monoisotopic (exact) mass is 319 g/mol. The van der Waals surface area contributed by atoms with Gasteiger partial charge >= 0.3 is 0 Å². The second-order valence-electron chi connectivity index (χ2n) is 6.42. The first-order valence-corrected chi connectivity index (χ1v) is 8.50. The summed E-state index contributed by atoms with van der Waals surface area (Å²) in [6, 6.07) is 20.2. The molecule has 0 aromatic heterocycles. The molecule has 2 aromatic carbocycles. The summed E-state index contributed by atoms with van der Waals surface area (Å²) in [6.07, 6.45) is 1.74. The Kier molecular flexibility index (Phi) is 3.95. The molecule has 0 spiro atoms. The predicted molar refractivity (Wildman–Crippen MR) is 93.5 cm³/mol. The van der Waals surface area contributed by atoms with Crippen LogP contribution in [0.1, 0.15) is 41.7 Å². The van der Waals surface area contributed by atoms with Crippen molar-refractivity contribution >= 4 is 5.78 Å². The molecule has 1 saturated heterocycles. The van der Waals surface area contributed by atoms with Crippen LogP contribution in [0.4, 0.5) is 0 Å². The zero-order valence-corrected chi connectivity index (χ0v) is 13.8. The van der Waals surface area contributed by atoms with Gasteiger partial charge < -0.3 is 9.64 Å². The van der Waals surface area contributed by atoms with Crippen LogP contribution in [0.2, 0.25) is 0 Å². The lowest BCUT2D eigenvalue weighted by molar-refractivity contribution is 0.0333. The van der Waals surface area contributed by atoms with Gasteiger partial charge in [0.1, 0.15) is 6.23 Å². The van der Waals surface area contributed by atoms with Gasteiger partial charge in [-0.05, 0) is 25.3 Å². The summed E-state index contributed by atoms with van der Waals surface area (Å²) in [6.45, 7) is 2.74. The van der Waals surface area contributed by atoms with E-state index in [0.717, 1.165) is 29.7 Å². The molecule has 4 rings (SSSR count). The minimum Gasteiger partial charge on any atom is -0.356 e. The molecule has 0 saturated carbocycles. The van der Waals surface area contributed by atoms with Gasteiger partial charge in [-0.3, -0.25) is 4.79 Å². The number of ether oxygens (including phenoxy) is 1. The molecule has 2 aliphatic heterocycles. The van der Waals surface area contributed by atoms with Crippen LogP contribution < -0.4 is 0 Å². The molecule has 0 bridgehead atoms. The van der Waals surface area contributed by atoms with Crippen molar-refractivity contribution in [2.45, 2.75) is 32.0 Å². The van der Waals surface area contributed by atoms with Crippen molar-refractivity contribution in [2.75, 3.05) is 6.61 Å². The van der Waals surface area contributed by atoms with E-state index in [1.165, 1.54) is 5.56 Å². The summed E-state index contributed by atoms with van der Waals surface area (Å²) in [7, 11) is 0. The summed E-state index contributed by atoms with van der Waals surface area (Å²) in [5.74, 6) is 0.144. The maximum absolute atomic E-state index is 12.9. The molecule has 2 heterocycles. The van der Waals surface area contributed by atoms with Crippen molar-refractivity contribution in [2.24, 2.45) is 0 Å². The number of Topliss-reactive ketones (excluding diaryl/α,β-unsaturated/α-hetero) is 1. The quantitative estimate of drug-likeness (QED) is 0.788. The highest BCUT2D eigenvalue weighted by Gasteiger charge is 2.39. The molecule has 0 radical (unpaired) electrons. The van der Waals surface area contributed by atoms with Crippen LogP contribution in [0.15, 0.2) is 71.9 Å². The summed E-state index contributed by atoms with van der Waals surface area (Å²) in [5.41, 5.74) is 3.99. The number of hydrogen-bond acceptors (Lipinski definition) is 3. The molecule has 2 aromatic rings. The Labute approximate surface area is 142 Å². The zero-order chi connectivity index (χ0) is 16.5. The lowest BCUT2D eigenvalue weighted by Crippen LogP contribution is -2.36. The van der Waals surface area contributed by atoms with E-state index in [1.54, 1.807) is 0 Å². The molecule has 122 valence electrons. The Morgan fingerprint density at radius 1 is 1.04 bits per heavy atom. The van der Waals surface area contributed by atoms with Gasteiger partial charge in [-0.1, -0.05) is 60.7 Å². The van der Waals surface area contributed by atoms with Crippen LogP contribution in [0.5, 0.6) is 0 Å². The van der Waals surface area contributed by atoms with Gasteiger partial charge in [0.15, 0.2) is 5.78 Å². The second-order valence-corrected chi connectivity index (χ2v) is 6.42. The topological polar surface area (TPSA) is 29.5 Å². The van der Waals surface area contributed by atoms with Crippen LogP contribution in [0, 0.1) is 0 Å². The molecule has 3 nitrogen and oxygen atoms in total. The molecule has 1 fully saturated rings. The van der Waals surface area contributed by atoms with E-state index in [1.807, 2.05) is 36.4 Å². The number of rotatable bonds is 3. The van der Waals surface area contributed by atoms with Gasteiger partial charge in [0.05, 0.1) is 12.6 Å². The van der Waals surface area contributed by atoms with Crippen molar-refractivity contribution in [3.05, 3.63) is 83.1 Å². The SMILES string of the molecule is CC1=C(C(=O)c2ccccc2)CCC2OC[C@H](c3ccccc3)N12. The van der Waals surface area contributed by atoms with E-state index in [2.05, 4.69) is 36.1 Å². The Morgan fingerprint density at radius 3 is 2.42 bits per heavy atom. The summed E-state index contributed by atoms with van der Waals surface area (Å²) >= 11 is 0. The van der Waals surface area contributed by atoms with Gasteiger partial charge in [0.2, 0.25) is 0 Å². The van der Waals surface area contributed by atoms with Crippen molar-refractivity contribution in [3.63, 3.8) is 0 Å². The van der Waals surface area contributed by atoms with Crippen LogP contribution in [0.25, 0.3) is 0 Å². The average Bonchev–Trinajstić information content (AvgIpc) is 3.08. The number of allylic oxidation sites excluding steroid dienone is 2. The first kappa shape index (κ1) is 15.2. The molecule has 0 aliphatic carbocycles. The molecule has 2 aliphatic rings. The first-order valence-electron chi connectivity index (χ1n) is 8.50. The maximum atomic E-state index is 12.9. The highest BCUT2D eigenvalue weighted by atomic mass is 16.5. The Balaban J connectivity index is 1.70. The molecule has 3 heteroatoms. The highest BCUT2D eigenvalue weighted by Crippen LogP contribution is 2.41. The highest BCUT2D eigenvalue weighted by molar-refractivity contribution is 6.09. The fourth-order valence-electron chi connectivity index (χ4n) is 3.81. The minimum atomic E-state index is 0.0857. The van der Waals surface area contributed by atoms with Gasteiger partial charge in [0.25, 0.3) is 0 Å². The molecule has 0 amide bonds. The van der Waals surface area contributed by atoms with Crippen molar-refractivity contribution in [3.8, 4) is 0 Å². The number of carbonyl (C=O) groups is 1. The number of nitrogens with zero attached hydrogens (tertiary/aromatic N) is 1. The van der Waals surface area contributed by atoms with Crippen LogP contribution in [-0.2, 0) is 4.74 Å². The average molecular weight is 319 g/mol. The van der Waals surface area contributed by atoms with E-state index in [-0.39, 0.29) is 18.1 Å². The van der Waals surface area contributed by atoms with E-state index in [9.17, 15) is 4.79 Å². The van der Waals surface area contributed by atoms with Gasteiger partial charge in [0, 0.05) is 16.8 Å². The number of fused-ring (bicyclic) bond motifs is 1. The smallest absolute Gasteiger partial charge is 0.190 e. The van der Waals surface area contributed by atoms with Crippen LogP contribution in [0.3, 0.4) is 0 Å². The van der Waals surface area contributed by atoms with Crippen molar-refractivity contribution < 1.29 is 9.53 Å². The van der Waals surface area contributed by atoms with E-state index < -0.39 is 0 Å². The molecule has 1 unspecified atom stereocenters. The second kappa shape index (κ2) is 6.25. The van der Waals surface area contributed by atoms with Crippen molar-refractivity contribution in [1.82, 2.24) is 4.90 Å². The summed E-state index contributed by atoms with van der Waals surface area (Å²) in [4.78, 5) is 15.2. The standard InChI is InChI=1S/C21H21NO2/c1-15-18(21(23)17-10-6-3-7-11-17)12-13-20-22(15)19(14-24-20)16-8-4-2-5-9-16/h2-11,19-20H,12-14H2,1H3/t19-,20?/m1/s1. The Bertz CT molecular complexity index is 767. The molecule has 0 N–H and O–H groups in total. The third-order valence-electron chi connectivity index (χ3n) is 5.05. The first-order chi connectivity index (χ1) is 11.8. The van der Waals surface area contributed by atoms with Crippen LogP contribution >= 0.6 is 0 Å². The third kappa shape index (κ3) is 2.55. The van der Waals surface area contributed by atoms with E-state index in [0.29, 0.717) is 6.61 Å². The largest absolute Gasteiger partial charge is 0.356 e. The molecule has 2 atom stereocenters. The fourth-order valence-corrected chi connectivity index (χ4v) is 3.81. The van der Waals surface area contributed by atoms with Gasteiger partial charge in [-0.15, -0.1) is 0 Å². The zero-order valence-electron chi connectivity index (χ0n) is 13.8. The Hall–Kier alpha value is -2.39. The van der Waals surface area contributed by atoms with E-state index in [4.69, 9.17) is 4.74 Å². The predicted octanol–water partition coefficient (Wildman–Crippen LogP) is 4.34. The summed E-state index contributed by atoms with van der Waals surface area (Å²) in [5, 5.41) is 0. The molecular weight excluding hydrogens is 298 g/mol. The number of hydrogen-bond donors (Lipinski definition) is 0.